The molecule has 2 aromatic rings. The Labute approximate surface area is 148 Å². The van der Waals surface area contributed by atoms with Crippen LogP contribution in [0.2, 0.25) is 0 Å². The number of nitrogens with zero attached hydrogens (tertiary/aromatic N) is 1. The molecule has 1 N–H and O–H groups in total. The molecule has 2 aromatic carbocycles. The van der Waals surface area contributed by atoms with Gasteiger partial charge in [-0.25, -0.2) is 0 Å². The molecular weight excluding hydrogens is 312 g/mol. The van der Waals surface area contributed by atoms with Crippen LogP contribution < -0.4 is 5.32 Å². The van der Waals surface area contributed by atoms with E-state index in [2.05, 4.69) is 24.3 Å². The third kappa shape index (κ3) is 3.90. The molecule has 2 atom stereocenters. The van der Waals surface area contributed by atoms with E-state index in [1.54, 1.807) is 0 Å². The van der Waals surface area contributed by atoms with Crippen molar-refractivity contribution in [3.05, 3.63) is 71.3 Å². The van der Waals surface area contributed by atoms with Crippen LogP contribution in [0.3, 0.4) is 0 Å². The van der Waals surface area contributed by atoms with Gasteiger partial charge in [0, 0.05) is 12.1 Å². The van der Waals surface area contributed by atoms with Crippen molar-refractivity contribution < 1.29 is 9.63 Å². The summed E-state index contributed by atoms with van der Waals surface area (Å²) in [5.41, 5.74) is 3.74. The molecule has 0 saturated heterocycles. The molecule has 0 bridgehead atoms. The van der Waals surface area contributed by atoms with Gasteiger partial charge in [0.15, 0.2) is 6.10 Å². The summed E-state index contributed by atoms with van der Waals surface area (Å²) in [5, 5.41) is 7.31. The van der Waals surface area contributed by atoms with Gasteiger partial charge in [0.1, 0.15) is 11.6 Å². The molecule has 4 heteroatoms. The van der Waals surface area contributed by atoms with Crippen LogP contribution in [0, 0.1) is 18.8 Å². The molecule has 25 heavy (non-hydrogen) atoms. The van der Waals surface area contributed by atoms with Crippen molar-refractivity contribution in [2.45, 2.75) is 26.9 Å². The van der Waals surface area contributed by atoms with E-state index in [-0.39, 0.29) is 5.91 Å². The summed E-state index contributed by atoms with van der Waals surface area (Å²) in [7, 11) is 0. The van der Waals surface area contributed by atoms with Crippen LogP contribution in [0.1, 0.15) is 36.6 Å². The number of nitrogens with one attached hydrogen (secondary N) is 1. The van der Waals surface area contributed by atoms with Crippen LogP contribution in [0.4, 0.5) is 0 Å². The van der Waals surface area contributed by atoms with Crippen LogP contribution >= 0.6 is 0 Å². The van der Waals surface area contributed by atoms with Gasteiger partial charge in [0.05, 0.1) is 0 Å². The Balaban J connectivity index is 1.91. The Morgan fingerprint density at radius 2 is 1.80 bits per heavy atom. The first-order valence-electron chi connectivity index (χ1n) is 8.69. The average molecular weight is 336 g/mol. The highest BCUT2D eigenvalue weighted by Crippen LogP contribution is 2.35. The third-order valence-corrected chi connectivity index (χ3v) is 4.30. The number of carbonyl (C=O) groups excluding carboxylic acids is 1. The van der Waals surface area contributed by atoms with Gasteiger partial charge in [-0.15, -0.1) is 0 Å². The average Bonchev–Trinajstić information content (AvgIpc) is 3.06. The molecular formula is C21H24N2O2. The van der Waals surface area contributed by atoms with Gasteiger partial charge < -0.3 is 10.2 Å². The zero-order valence-electron chi connectivity index (χ0n) is 14.9. The minimum Gasteiger partial charge on any atom is -0.386 e. The van der Waals surface area contributed by atoms with Crippen LogP contribution in [0.5, 0.6) is 0 Å². The molecule has 0 fully saturated rings. The molecule has 2 unspecified atom stereocenters. The quantitative estimate of drug-likeness (QED) is 0.901. The fraction of sp³-hybridized carbons (Fsp3) is 0.333. The smallest absolute Gasteiger partial charge is 0.233 e. The topological polar surface area (TPSA) is 50.7 Å². The summed E-state index contributed by atoms with van der Waals surface area (Å²) in [5.74, 6) is -0.107. The largest absolute Gasteiger partial charge is 0.386 e. The molecule has 0 spiro atoms. The second-order valence-corrected chi connectivity index (χ2v) is 6.90. The van der Waals surface area contributed by atoms with Crippen molar-refractivity contribution >= 4 is 11.6 Å². The maximum absolute atomic E-state index is 12.9. The predicted octanol–water partition coefficient (Wildman–Crippen LogP) is 3.86. The van der Waals surface area contributed by atoms with Crippen molar-refractivity contribution in [1.82, 2.24) is 5.32 Å². The van der Waals surface area contributed by atoms with Gasteiger partial charge in [0.2, 0.25) is 5.91 Å². The fourth-order valence-electron chi connectivity index (χ4n) is 2.90. The lowest BCUT2D eigenvalue weighted by atomic mass is 9.87. The summed E-state index contributed by atoms with van der Waals surface area (Å²) in [4.78, 5) is 18.6. The van der Waals surface area contributed by atoms with Gasteiger partial charge in [-0.2, -0.15) is 0 Å². The molecule has 0 radical (unpaired) electrons. The Morgan fingerprint density at radius 1 is 1.12 bits per heavy atom. The van der Waals surface area contributed by atoms with Crippen LogP contribution in [-0.4, -0.2) is 18.2 Å². The molecule has 4 nitrogen and oxygen atoms in total. The zero-order chi connectivity index (χ0) is 17.8. The lowest BCUT2D eigenvalue weighted by Gasteiger charge is -2.19. The maximum atomic E-state index is 12.9. The van der Waals surface area contributed by atoms with E-state index in [4.69, 9.17) is 4.84 Å². The Kier molecular flexibility index (Phi) is 5.17. The predicted molar refractivity (Wildman–Crippen MR) is 99.3 cm³/mol. The molecule has 0 aliphatic carbocycles. The third-order valence-electron chi connectivity index (χ3n) is 4.30. The van der Waals surface area contributed by atoms with Crippen LogP contribution in [0.25, 0.3) is 0 Å². The lowest BCUT2D eigenvalue weighted by Crippen LogP contribution is -2.38. The van der Waals surface area contributed by atoms with Gasteiger partial charge in [-0.1, -0.05) is 79.2 Å². The molecule has 0 aromatic heterocycles. The number of amides is 1. The standard InChI is InChI=1S/C21H24N2O2/c1-14(2)13-22-21(24)18-19(16-11-9-15(3)10-12-16)23-25-20(18)17-7-5-4-6-8-17/h4-12,14,18,20H,13H2,1-3H3,(H,22,24). The molecule has 1 heterocycles. The van der Waals surface area contributed by atoms with Crippen molar-refractivity contribution in [3.63, 3.8) is 0 Å². The second kappa shape index (κ2) is 7.51. The molecule has 1 amide bonds. The monoisotopic (exact) mass is 336 g/mol. The van der Waals surface area contributed by atoms with E-state index in [1.807, 2.05) is 61.5 Å². The first-order valence-corrected chi connectivity index (χ1v) is 8.69. The van der Waals surface area contributed by atoms with E-state index < -0.39 is 12.0 Å². The zero-order valence-corrected chi connectivity index (χ0v) is 14.9. The van der Waals surface area contributed by atoms with Crippen molar-refractivity contribution in [2.24, 2.45) is 17.0 Å². The first kappa shape index (κ1) is 17.2. The van der Waals surface area contributed by atoms with E-state index in [1.165, 1.54) is 5.56 Å². The van der Waals surface area contributed by atoms with Gasteiger partial charge >= 0.3 is 0 Å². The highest BCUT2D eigenvalue weighted by Gasteiger charge is 2.41. The van der Waals surface area contributed by atoms with E-state index in [9.17, 15) is 4.79 Å². The first-order chi connectivity index (χ1) is 12.1. The fourth-order valence-corrected chi connectivity index (χ4v) is 2.90. The summed E-state index contributed by atoms with van der Waals surface area (Å²) in [6.07, 6.45) is -0.398. The second-order valence-electron chi connectivity index (χ2n) is 6.90. The number of hydrogen-bond donors (Lipinski definition) is 1. The SMILES string of the molecule is Cc1ccc(C2=NOC(c3ccccc3)C2C(=O)NCC(C)C)cc1. The number of oxime groups is 1. The molecule has 130 valence electrons. The normalized spacial score (nSPS) is 19.4. The summed E-state index contributed by atoms with van der Waals surface area (Å²) >= 11 is 0. The molecule has 1 aliphatic heterocycles. The van der Waals surface area contributed by atoms with Crippen LogP contribution in [0.15, 0.2) is 59.8 Å². The van der Waals surface area contributed by atoms with E-state index >= 15 is 0 Å². The van der Waals surface area contributed by atoms with Crippen LogP contribution in [-0.2, 0) is 9.63 Å². The van der Waals surface area contributed by atoms with Crippen molar-refractivity contribution in [1.29, 1.82) is 0 Å². The number of rotatable bonds is 5. The minimum absolute atomic E-state index is 0.0422. The Morgan fingerprint density at radius 3 is 2.44 bits per heavy atom. The summed E-state index contributed by atoms with van der Waals surface area (Å²) in [6, 6.07) is 17.8. The number of aryl methyl sites for hydroxylation is 1. The van der Waals surface area contributed by atoms with E-state index in [0.29, 0.717) is 18.2 Å². The van der Waals surface area contributed by atoms with Crippen molar-refractivity contribution in [2.75, 3.05) is 6.54 Å². The summed E-state index contributed by atoms with van der Waals surface area (Å²) in [6.45, 7) is 6.83. The highest BCUT2D eigenvalue weighted by molar-refractivity contribution is 6.14. The van der Waals surface area contributed by atoms with Gasteiger partial charge in [-0.05, 0) is 18.4 Å². The number of carbonyl (C=O) groups is 1. The Bertz CT molecular complexity index is 751. The lowest BCUT2D eigenvalue weighted by molar-refractivity contribution is -0.126. The highest BCUT2D eigenvalue weighted by atomic mass is 16.6. The maximum Gasteiger partial charge on any atom is 0.233 e. The number of hydrogen-bond acceptors (Lipinski definition) is 3. The Hall–Kier alpha value is -2.62. The minimum atomic E-state index is -0.455. The van der Waals surface area contributed by atoms with E-state index in [0.717, 1.165) is 11.1 Å². The molecule has 0 saturated carbocycles. The van der Waals surface area contributed by atoms with Gasteiger partial charge in [-0.3, -0.25) is 4.79 Å². The molecule has 3 rings (SSSR count). The molecule has 1 aliphatic rings. The summed E-state index contributed by atoms with van der Waals surface area (Å²) < 4.78 is 0. The van der Waals surface area contributed by atoms with Crippen molar-refractivity contribution in [3.8, 4) is 0 Å². The number of benzene rings is 2. The van der Waals surface area contributed by atoms with Gasteiger partial charge in [0.25, 0.3) is 0 Å².